The third-order valence-electron chi connectivity index (χ3n) is 2.35. The number of nitrogens with one attached hydrogen (secondary N) is 1. The Morgan fingerprint density at radius 2 is 1.72 bits per heavy atom. The van der Waals surface area contributed by atoms with Crippen LogP contribution >= 0.6 is 22.6 Å². The Bertz CT molecular complexity index is 635. The van der Waals surface area contributed by atoms with Gasteiger partial charge in [0.15, 0.2) is 11.6 Å². The topological polar surface area (TPSA) is 35.8 Å². The summed E-state index contributed by atoms with van der Waals surface area (Å²) < 4.78 is 28.0. The first-order valence-corrected chi connectivity index (χ1v) is 6.11. The Kier molecular flexibility index (Phi) is 3.77. The number of benzene rings is 2. The molecular weight excluding hydrogens is 349 g/mol. The molecule has 0 aliphatic heterocycles. The largest absolute Gasteiger partial charge is 0.352 e. The van der Waals surface area contributed by atoms with Crippen LogP contribution in [0.5, 0.6) is 0 Å². The summed E-state index contributed by atoms with van der Waals surface area (Å²) in [4.78, 5) is 0. The zero-order valence-electron chi connectivity index (χ0n) is 9.05. The van der Waals surface area contributed by atoms with Crippen LogP contribution in [0.3, 0.4) is 0 Å². The summed E-state index contributed by atoms with van der Waals surface area (Å²) in [5, 5.41) is 11.4. The fourth-order valence-electron chi connectivity index (χ4n) is 1.44. The number of hydrogen-bond acceptors (Lipinski definition) is 2. The van der Waals surface area contributed by atoms with Gasteiger partial charge in [-0.3, -0.25) is 0 Å². The van der Waals surface area contributed by atoms with Crippen LogP contribution in [-0.4, -0.2) is 0 Å². The number of hydrogen-bond donors (Lipinski definition) is 1. The summed E-state index contributed by atoms with van der Waals surface area (Å²) in [7, 11) is 0. The number of halogens is 3. The van der Waals surface area contributed by atoms with Gasteiger partial charge in [-0.2, -0.15) is 5.26 Å². The van der Waals surface area contributed by atoms with Crippen LogP contribution in [0.1, 0.15) is 5.56 Å². The van der Waals surface area contributed by atoms with Gasteiger partial charge in [0.05, 0.1) is 16.9 Å². The van der Waals surface area contributed by atoms with Crippen LogP contribution in [0.2, 0.25) is 0 Å². The number of nitriles is 1. The maximum atomic E-state index is 13.7. The minimum Gasteiger partial charge on any atom is -0.352 e. The van der Waals surface area contributed by atoms with Gasteiger partial charge in [-0.15, -0.1) is 0 Å². The number of anilines is 2. The molecule has 0 radical (unpaired) electrons. The summed E-state index contributed by atoms with van der Waals surface area (Å²) in [5.74, 6) is -2.18. The van der Waals surface area contributed by atoms with Gasteiger partial charge < -0.3 is 5.32 Å². The summed E-state index contributed by atoms with van der Waals surface area (Å²) in [6, 6.07) is 11.4. The van der Waals surface area contributed by atoms with E-state index in [9.17, 15) is 8.78 Å². The molecule has 18 heavy (non-hydrogen) atoms. The lowest BCUT2D eigenvalue weighted by Crippen LogP contribution is -1.99. The predicted molar refractivity (Wildman–Crippen MR) is 73.5 cm³/mol. The second kappa shape index (κ2) is 5.31. The number of rotatable bonds is 2. The molecule has 2 aromatic carbocycles. The monoisotopic (exact) mass is 356 g/mol. The van der Waals surface area contributed by atoms with Crippen molar-refractivity contribution in [1.29, 1.82) is 5.26 Å². The smallest absolute Gasteiger partial charge is 0.183 e. The normalized spacial score (nSPS) is 9.89. The van der Waals surface area contributed by atoms with Crippen molar-refractivity contribution in [1.82, 2.24) is 0 Å². The Hall–Kier alpha value is -1.68. The van der Waals surface area contributed by atoms with Crippen molar-refractivity contribution in [3.8, 4) is 6.07 Å². The molecule has 0 unspecified atom stereocenters. The Morgan fingerprint density at radius 3 is 2.39 bits per heavy atom. The highest BCUT2D eigenvalue weighted by Gasteiger charge is 2.13. The lowest BCUT2D eigenvalue weighted by Gasteiger charge is -2.10. The summed E-state index contributed by atoms with van der Waals surface area (Å²) >= 11 is 2.09. The zero-order valence-corrected chi connectivity index (χ0v) is 11.2. The van der Waals surface area contributed by atoms with Gasteiger partial charge >= 0.3 is 0 Å². The van der Waals surface area contributed by atoms with E-state index in [0.717, 1.165) is 3.57 Å². The van der Waals surface area contributed by atoms with Crippen LogP contribution in [0.4, 0.5) is 20.2 Å². The number of nitrogens with zero attached hydrogens (tertiary/aromatic N) is 1. The predicted octanol–water partition coefficient (Wildman–Crippen LogP) is 4.18. The fraction of sp³-hybridized carbons (Fsp3) is 0. The molecule has 5 heteroatoms. The molecule has 0 bridgehead atoms. The van der Waals surface area contributed by atoms with E-state index in [-0.39, 0.29) is 11.3 Å². The van der Waals surface area contributed by atoms with E-state index < -0.39 is 11.6 Å². The highest BCUT2D eigenvalue weighted by Crippen LogP contribution is 2.26. The molecular formula is C13H7F2IN2. The highest BCUT2D eigenvalue weighted by atomic mass is 127. The lowest BCUT2D eigenvalue weighted by atomic mass is 10.2. The van der Waals surface area contributed by atoms with Gasteiger partial charge in [-0.05, 0) is 46.9 Å². The molecule has 0 aliphatic rings. The molecule has 0 heterocycles. The van der Waals surface area contributed by atoms with Gasteiger partial charge in [0, 0.05) is 3.57 Å². The molecule has 0 aliphatic carbocycles. The molecule has 0 fully saturated rings. The minimum absolute atomic E-state index is 0.00983. The van der Waals surface area contributed by atoms with Crippen LogP contribution in [0, 0.1) is 26.5 Å². The molecule has 0 spiro atoms. The molecule has 90 valence electrons. The zero-order chi connectivity index (χ0) is 13.1. The van der Waals surface area contributed by atoms with Crippen molar-refractivity contribution in [2.75, 3.05) is 5.32 Å². The van der Waals surface area contributed by atoms with Crippen molar-refractivity contribution in [2.24, 2.45) is 0 Å². The van der Waals surface area contributed by atoms with Gasteiger partial charge in [-0.1, -0.05) is 12.1 Å². The number of para-hydroxylation sites is 1. The van der Waals surface area contributed by atoms with Crippen molar-refractivity contribution in [3.05, 3.63) is 57.2 Å². The molecule has 2 aromatic rings. The van der Waals surface area contributed by atoms with Crippen molar-refractivity contribution < 1.29 is 8.78 Å². The average Bonchev–Trinajstić information content (AvgIpc) is 2.38. The maximum Gasteiger partial charge on any atom is 0.183 e. The van der Waals surface area contributed by atoms with Crippen molar-refractivity contribution >= 4 is 34.0 Å². The molecule has 0 atom stereocenters. The van der Waals surface area contributed by atoms with Crippen molar-refractivity contribution in [3.63, 3.8) is 0 Å². The third kappa shape index (κ3) is 2.43. The maximum absolute atomic E-state index is 13.7. The summed E-state index contributed by atoms with van der Waals surface area (Å²) in [5.41, 5.74) is 0.387. The van der Waals surface area contributed by atoms with Crippen LogP contribution in [-0.2, 0) is 0 Å². The molecule has 1 N–H and O–H groups in total. The molecule has 0 amide bonds. The molecule has 2 nitrogen and oxygen atoms in total. The van der Waals surface area contributed by atoms with E-state index in [1.54, 1.807) is 18.2 Å². The van der Waals surface area contributed by atoms with Gasteiger partial charge in [0.2, 0.25) is 0 Å². The lowest BCUT2D eigenvalue weighted by molar-refractivity contribution is 0.509. The van der Waals surface area contributed by atoms with E-state index in [2.05, 4.69) is 27.9 Å². The Labute approximate surface area is 116 Å². The Morgan fingerprint density at radius 1 is 1.00 bits per heavy atom. The minimum atomic E-state index is -1.13. The molecule has 0 aromatic heterocycles. The van der Waals surface area contributed by atoms with E-state index in [1.807, 2.05) is 12.1 Å². The third-order valence-corrected chi connectivity index (χ3v) is 3.29. The average molecular weight is 356 g/mol. The van der Waals surface area contributed by atoms with E-state index in [1.165, 1.54) is 12.1 Å². The quantitative estimate of drug-likeness (QED) is 0.820. The van der Waals surface area contributed by atoms with E-state index in [4.69, 9.17) is 5.26 Å². The second-order valence-electron chi connectivity index (χ2n) is 3.51. The van der Waals surface area contributed by atoms with Gasteiger partial charge in [0.25, 0.3) is 0 Å². The summed E-state index contributed by atoms with van der Waals surface area (Å²) in [6.45, 7) is 0. The van der Waals surface area contributed by atoms with Crippen LogP contribution in [0.25, 0.3) is 0 Å². The molecule has 0 saturated heterocycles. The highest BCUT2D eigenvalue weighted by molar-refractivity contribution is 14.1. The summed E-state index contributed by atoms with van der Waals surface area (Å²) in [6.07, 6.45) is 0. The fourth-order valence-corrected chi connectivity index (χ4v) is 1.96. The van der Waals surface area contributed by atoms with Gasteiger partial charge in [0.1, 0.15) is 6.07 Å². The first-order chi connectivity index (χ1) is 8.63. The Balaban J connectivity index is 2.40. The first-order valence-electron chi connectivity index (χ1n) is 5.03. The van der Waals surface area contributed by atoms with Crippen molar-refractivity contribution in [2.45, 2.75) is 0 Å². The second-order valence-corrected chi connectivity index (χ2v) is 4.67. The molecule has 2 rings (SSSR count). The van der Waals surface area contributed by atoms with Crippen LogP contribution < -0.4 is 5.32 Å². The first kappa shape index (κ1) is 12.8. The standard InChI is InChI=1S/C13H7F2IN2/c14-12-8(7-17)5-6-11(13(12)15)18-10-4-2-1-3-9(10)16/h1-6,18H. The molecule has 0 saturated carbocycles. The SMILES string of the molecule is N#Cc1ccc(Nc2ccccc2I)c(F)c1F. The van der Waals surface area contributed by atoms with Gasteiger partial charge in [-0.25, -0.2) is 8.78 Å². The van der Waals surface area contributed by atoms with Crippen LogP contribution in [0.15, 0.2) is 36.4 Å². The van der Waals surface area contributed by atoms with E-state index >= 15 is 0 Å². The van der Waals surface area contributed by atoms with E-state index in [0.29, 0.717) is 5.69 Å².